The Morgan fingerprint density at radius 3 is 2.63 bits per heavy atom. The highest BCUT2D eigenvalue weighted by molar-refractivity contribution is 5.98. The van der Waals surface area contributed by atoms with Crippen LogP contribution in [0.5, 0.6) is 5.75 Å². The number of hydrogen-bond donors (Lipinski definition) is 2. The fourth-order valence-corrected chi connectivity index (χ4v) is 5.96. The average molecular weight is 560 g/mol. The Morgan fingerprint density at radius 2 is 1.85 bits per heavy atom. The van der Waals surface area contributed by atoms with Gasteiger partial charge in [0.1, 0.15) is 5.75 Å². The molecular formula is C32H41N5O4. The molecule has 1 saturated carbocycles. The highest BCUT2D eigenvalue weighted by atomic mass is 16.5. The van der Waals surface area contributed by atoms with E-state index in [1.54, 1.807) is 13.3 Å². The van der Waals surface area contributed by atoms with Crippen LogP contribution in [0.1, 0.15) is 61.1 Å². The van der Waals surface area contributed by atoms with Gasteiger partial charge in [-0.3, -0.25) is 4.79 Å². The summed E-state index contributed by atoms with van der Waals surface area (Å²) in [5.41, 5.74) is 3.37. The van der Waals surface area contributed by atoms with Crippen molar-refractivity contribution in [2.45, 2.75) is 64.1 Å². The number of amides is 2. The molecule has 2 aliphatic rings. The van der Waals surface area contributed by atoms with Crippen LogP contribution in [0.25, 0.3) is 11.3 Å². The third-order valence-corrected chi connectivity index (χ3v) is 8.06. The molecule has 1 aromatic heterocycles. The lowest BCUT2D eigenvalue weighted by Crippen LogP contribution is -2.54. The van der Waals surface area contributed by atoms with E-state index in [0.717, 1.165) is 49.2 Å². The van der Waals surface area contributed by atoms with E-state index in [0.29, 0.717) is 38.4 Å². The number of carbonyl (C=O) groups is 2. The van der Waals surface area contributed by atoms with Gasteiger partial charge in [0.25, 0.3) is 5.91 Å². The van der Waals surface area contributed by atoms with Gasteiger partial charge in [0.05, 0.1) is 37.3 Å². The van der Waals surface area contributed by atoms with Gasteiger partial charge in [0.2, 0.25) is 0 Å². The van der Waals surface area contributed by atoms with E-state index < -0.39 is 6.09 Å². The molecule has 218 valence electrons. The van der Waals surface area contributed by atoms with Gasteiger partial charge in [-0.1, -0.05) is 60.9 Å². The second-order valence-corrected chi connectivity index (χ2v) is 10.8. The van der Waals surface area contributed by atoms with Gasteiger partial charge in [-0.25, -0.2) is 9.78 Å². The minimum atomic E-state index is -0.404. The number of imidazole rings is 1. The first-order valence-corrected chi connectivity index (χ1v) is 14.8. The van der Waals surface area contributed by atoms with Crippen molar-refractivity contribution in [1.29, 1.82) is 0 Å². The molecular weight excluding hydrogens is 518 g/mol. The average Bonchev–Trinajstić information content (AvgIpc) is 3.44. The lowest BCUT2D eigenvalue weighted by atomic mass is 9.89. The molecule has 9 nitrogen and oxygen atoms in total. The second-order valence-electron chi connectivity index (χ2n) is 10.8. The minimum absolute atomic E-state index is 0.0108. The third-order valence-electron chi connectivity index (χ3n) is 8.06. The Morgan fingerprint density at radius 1 is 1.07 bits per heavy atom. The Hall–Kier alpha value is -3.85. The topological polar surface area (TPSA) is 97.7 Å². The lowest BCUT2D eigenvalue weighted by Gasteiger charge is -2.36. The van der Waals surface area contributed by atoms with E-state index in [9.17, 15) is 9.59 Å². The Labute approximate surface area is 242 Å². The molecule has 1 aliphatic carbocycles. The first-order valence-electron chi connectivity index (χ1n) is 14.8. The van der Waals surface area contributed by atoms with Crippen LogP contribution in [-0.2, 0) is 4.74 Å². The van der Waals surface area contributed by atoms with Gasteiger partial charge in [-0.05, 0) is 38.8 Å². The summed E-state index contributed by atoms with van der Waals surface area (Å²) in [6.45, 7) is 6.74. The van der Waals surface area contributed by atoms with Gasteiger partial charge in [-0.15, -0.1) is 0 Å². The molecule has 41 heavy (non-hydrogen) atoms. The number of nitrogens with one attached hydrogen (secondary N) is 2. The molecule has 5 rings (SSSR count). The van der Waals surface area contributed by atoms with Crippen molar-refractivity contribution in [2.24, 2.45) is 0 Å². The smallest absolute Gasteiger partial charge is 0.407 e. The zero-order valence-electron chi connectivity index (χ0n) is 24.1. The largest absolute Gasteiger partial charge is 0.494 e. The van der Waals surface area contributed by atoms with Gasteiger partial charge in [0.15, 0.2) is 5.69 Å². The molecule has 3 aromatic rings. The number of hydrogen-bond acceptors (Lipinski definition) is 6. The molecule has 0 spiro atoms. The highest BCUT2D eigenvalue weighted by Gasteiger charge is 2.35. The van der Waals surface area contributed by atoms with Crippen LogP contribution in [0.2, 0.25) is 0 Å². The van der Waals surface area contributed by atoms with E-state index >= 15 is 0 Å². The van der Waals surface area contributed by atoms with Crippen molar-refractivity contribution >= 4 is 12.0 Å². The van der Waals surface area contributed by atoms with Crippen LogP contribution in [-0.4, -0.2) is 71.4 Å². The van der Waals surface area contributed by atoms with Crippen LogP contribution in [0.4, 0.5) is 4.79 Å². The maximum Gasteiger partial charge on any atom is 0.407 e. The van der Waals surface area contributed by atoms with Gasteiger partial charge >= 0.3 is 6.09 Å². The molecule has 1 saturated heterocycles. The number of ether oxygens (including phenoxy) is 2. The standard InChI is InChI=1S/C32H41N5O4/c1-3-40-32(39)35-27-11-7-8-12-28(27)37-22-34-29(30(37)24-9-5-4-6-10-24)31(38)36-19-18-33-21-25(36)17-20-41-26-15-13-23(2)14-16-26/h4-6,9-10,13-16,22,25,27-28,33H,3,7-8,11-12,17-21H2,1-2H3,(H,35,39)/t25?,27-,28-/m0/s1. The molecule has 2 N–H and O–H groups in total. The predicted octanol–water partition coefficient (Wildman–Crippen LogP) is 4.97. The van der Waals surface area contributed by atoms with E-state index in [1.165, 1.54) is 5.56 Å². The number of aryl methyl sites for hydroxylation is 1. The first kappa shape index (κ1) is 28.7. The summed E-state index contributed by atoms with van der Waals surface area (Å²) in [6.07, 6.45) is 5.89. The minimum Gasteiger partial charge on any atom is -0.494 e. The number of rotatable bonds is 9. The summed E-state index contributed by atoms with van der Waals surface area (Å²) in [5, 5.41) is 6.51. The van der Waals surface area contributed by atoms with Gasteiger partial charge in [0, 0.05) is 37.7 Å². The van der Waals surface area contributed by atoms with Crippen molar-refractivity contribution in [2.75, 3.05) is 32.8 Å². The number of alkyl carbamates (subject to hydrolysis) is 1. The number of aromatic nitrogens is 2. The summed E-state index contributed by atoms with van der Waals surface area (Å²) >= 11 is 0. The fraction of sp³-hybridized carbons (Fsp3) is 0.469. The van der Waals surface area contributed by atoms with Crippen molar-refractivity contribution < 1.29 is 19.1 Å². The SMILES string of the molecule is CCOC(=O)N[C@H]1CCCC[C@@H]1n1cnc(C(=O)N2CCNCC2CCOc2ccc(C)cc2)c1-c1ccccc1. The molecule has 0 bridgehead atoms. The molecule has 1 aliphatic heterocycles. The van der Waals surface area contributed by atoms with Crippen molar-refractivity contribution in [3.63, 3.8) is 0 Å². The van der Waals surface area contributed by atoms with Crippen molar-refractivity contribution in [3.8, 4) is 17.0 Å². The number of benzene rings is 2. The molecule has 0 radical (unpaired) electrons. The monoisotopic (exact) mass is 559 g/mol. The molecule has 2 fully saturated rings. The summed E-state index contributed by atoms with van der Waals surface area (Å²) in [7, 11) is 0. The molecule has 3 atom stereocenters. The normalized spacial score (nSPS) is 20.8. The molecule has 9 heteroatoms. The third kappa shape index (κ3) is 6.90. The van der Waals surface area contributed by atoms with E-state index in [1.807, 2.05) is 59.5 Å². The molecule has 2 heterocycles. The first-order chi connectivity index (χ1) is 20.0. The van der Waals surface area contributed by atoms with Crippen LogP contribution >= 0.6 is 0 Å². The Balaban J connectivity index is 1.40. The van der Waals surface area contributed by atoms with Crippen molar-refractivity contribution in [1.82, 2.24) is 25.1 Å². The van der Waals surface area contributed by atoms with Gasteiger partial charge in [-0.2, -0.15) is 0 Å². The zero-order valence-corrected chi connectivity index (χ0v) is 24.1. The summed E-state index contributed by atoms with van der Waals surface area (Å²) in [6, 6.07) is 17.8. The summed E-state index contributed by atoms with van der Waals surface area (Å²) in [5.74, 6) is 0.760. The second kappa shape index (κ2) is 13.7. The molecule has 1 unspecified atom stereocenters. The van der Waals surface area contributed by atoms with Crippen LogP contribution < -0.4 is 15.4 Å². The Bertz CT molecular complexity index is 1290. The fourth-order valence-electron chi connectivity index (χ4n) is 5.96. The van der Waals surface area contributed by atoms with E-state index in [-0.39, 0.29) is 24.0 Å². The highest BCUT2D eigenvalue weighted by Crippen LogP contribution is 2.35. The van der Waals surface area contributed by atoms with Crippen LogP contribution in [0, 0.1) is 6.92 Å². The number of carbonyl (C=O) groups excluding carboxylic acids is 2. The Kier molecular flexibility index (Phi) is 9.56. The van der Waals surface area contributed by atoms with Crippen LogP contribution in [0.15, 0.2) is 60.9 Å². The molecule has 2 amide bonds. The zero-order chi connectivity index (χ0) is 28.6. The number of piperazine rings is 1. The lowest BCUT2D eigenvalue weighted by molar-refractivity contribution is 0.0601. The maximum absolute atomic E-state index is 14.2. The number of nitrogens with zero attached hydrogens (tertiary/aromatic N) is 3. The van der Waals surface area contributed by atoms with Crippen molar-refractivity contribution in [3.05, 3.63) is 72.2 Å². The molecule has 2 aromatic carbocycles. The summed E-state index contributed by atoms with van der Waals surface area (Å²) < 4.78 is 13.3. The van der Waals surface area contributed by atoms with Gasteiger partial charge < -0.3 is 29.6 Å². The summed E-state index contributed by atoms with van der Waals surface area (Å²) in [4.78, 5) is 33.3. The quantitative estimate of drug-likeness (QED) is 0.384. The van der Waals surface area contributed by atoms with E-state index in [2.05, 4.69) is 22.1 Å². The van der Waals surface area contributed by atoms with E-state index in [4.69, 9.17) is 14.5 Å². The predicted molar refractivity (Wildman–Crippen MR) is 158 cm³/mol. The van der Waals surface area contributed by atoms with Crippen LogP contribution in [0.3, 0.4) is 0 Å². The maximum atomic E-state index is 14.2.